The second-order valence-corrected chi connectivity index (χ2v) is 5.07. The van der Waals surface area contributed by atoms with Crippen LogP contribution in [0.15, 0.2) is 24.4 Å². The molecule has 3 heterocycles. The standard InChI is InChI=1S/C15H14F3N3O.C2H6/c1-9-7-10(15(16,17)18)8-13(20-9)21-6-4-11-12(21)3-5-19-14(11)22-2;1-2/h3,5,7-8H,4,6H2,1-2H3;1-2H3. The van der Waals surface area contributed by atoms with Crippen molar-refractivity contribution in [3.8, 4) is 5.88 Å². The normalized spacial score (nSPS) is 13.2. The minimum atomic E-state index is -4.39. The Hall–Kier alpha value is -2.31. The van der Waals surface area contributed by atoms with E-state index in [4.69, 9.17) is 4.74 Å². The van der Waals surface area contributed by atoms with Crippen LogP contribution in [0.4, 0.5) is 24.7 Å². The van der Waals surface area contributed by atoms with Gasteiger partial charge in [-0.2, -0.15) is 13.2 Å². The maximum Gasteiger partial charge on any atom is 0.416 e. The fourth-order valence-electron chi connectivity index (χ4n) is 2.66. The summed E-state index contributed by atoms with van der Waals surface area (Å²) in [5, 5.41) is 0. The number of hydrogen-bond acceptors (Lipinski definition) is 4. The van der Waals surface area contributed by atoms with Crippen molar-refractivity contribution in [2.75, 3.05) is 18.6 Å². The molecule has 2 aromatic heterocycles. The number of halogens is 3. The smallest absolute Gasteiger partial charge is 0.416 e. The summed E-state index contributed by atoms with van der Waals surface area (Å²) in [4.78, 5) is 10.1. The molecule has 4 nitrogen and oxygen atoms in total. The summed E-state index contributed by atoms with van der Waals surface area (Å²) in [6.07, 6.45) is -2.15. The van der Waals surface area contributed by atoms with Gasteiger partial charge in [0.15, 0.2) is 0 Å². The van der Waals surface area contributed by atoms with Gasteiger partial charge < -0.3 is 9.64 Å². The lowest BCUT2D eigenvalue weighted by molar-refractivity contribution is -0.137. The quantitative estimate of drug-likeness (QED) is 0.805. The highest BCUT2D eigenvalue weighted by atomic mass is 19.4. The molecule has 0 aromatic carbocycles. The topological polar surface area (TPSA) is 38.2 Å². The van der Waals surface area contributed by atoms with Gasteiger partial charge in [0.25, 0.3) is 0 Å². The first-order chi connectivity index (χ1) is 11.4. The molecule has 0 radical (unpaired) electrons. The van der Waals surface area contributed by atoms with Crippen LogP contribution < -0.4 is 9.64 Å². The summed E-state index contributed by atoms with van der Waals surface area (Å²) in [6.45, 7) is 6.11. The molecule has 0 amide bonds. The third-order valence-electron chi connectivity index (χ3n) is 3.60. The number of aryl methyl sites for hydroxylation is 1. The van der Waals surface area contributed by atoms with Crippen LogP contribution in [0.2, 0.25) is 0 Å². The van der Waals surface area contributed by atoms with Gasteiger partial charge in [0.05, 0.1) is 18.4 Å². The van der Waals surface area contributed by atoms with Crippen molar-refractivity contribution in [2.45, 2.75) is 33.4 Å². The van der Waals surface area contributed by atoms with E-state index in [9.17, 15) is 13.2 Å². The Morgan fingerprint density at radius 1 is 1.21 bits per heavy atom. The molecular formula is C17H20F3N3O. The first-order valence-electron chi connectivity index (χ1n) is 7.75. The Kier molecular flexibility index (Phi) is 5.31. The molecular weight excluding hydrogens is 319 g/mol. The molecule has 24 heavy (non-hydrogen) atoms. The van der Waals surface area contributed by atoms with E-state index in [0.717, 1.165) is 23.4 Å². The minimum Gasteiger partial charge on any atom is -0.481 e. The Morgan fingerprint density at radius 3 is 2.54 bits per heavy atom. The van der Waals surface area contributed by atoms with Crippen molar-refractivity contribution in [2.24, 2.45) is 0 Å². The molecule has 0 aliphatic carbocycles. The van der Waals surface area contributed by atoms with Gasteiger partial charge in [-0.05, 0) is 31.5 Å². The van der Waals surface area contributed by atoms with E-state index >= 15 is 0 Å². The number of ether oxygens (including phenoxy) is 1. The van der Waals surface area contributed by atoms with E-state index in [1.54, 1.807) is 24.1 Å². The molecule has 1 aliphatic heterocycles. The van der Waals surface area contributed by atoms with E-state index < -0.39 is 11.7 Å². The molecule has 0 atom stereocenters. The molecule has 7 heteroatoms. The van der Waals surface area contributed by atoms with Crippen molar-refractivity contribution >= 4 is 11.5 Å². The summed E-state index contributed by atoms with van der Waals surface area (Å²) in [5.41, 5.74) is 1.32. The Balaban J connectivity index is 0.00000100. The monoisotopic (exact) mass is 339 g/mol. The number of methoxy groups -OCH3 is 1. The number of rotatable bonds is 2. The fourth-order valence-corrected chi connectivity index (χ4v) is 2.66. The molecule has 0 unspecified atom stereocenters. The van der Waals surface area contributed by atoms with Crippen LogP contribution in [0.5, 0.6) is 5.88 Å². The molecule has 2 aromatic rings. The Labute approximate surface area is 139 Å². The molecule has 0 saturated heterocycles. The number of fused-ring (bicyclic) bond motifs is 1. The summed E-state index contributed by atoms with van der Waals surface area (Å²) < 4.78 is 44.1. The number of nitrogens with zero attached hydrogens (tertiary/aromatic N) is 3. The van der Waals surface area contributed by atoms with E-state index in [1.807, 2.05) is 13.8 Å². The summed E-state index contributed by atoms with van der Waals surface area (Å²) in [7, 11) is 1.53. The lowest BCUT2D eigenvalue weighted by Gasteiger charge is -2.20. The largest absolute Gasteiger partial charge is 0.481 e. The van der Waals surface area contributed by atoms with Gasteiger partial charge in [0.2, 0.25) is 5.88 Å². The lowest BCUT2D eigenvalue weighted by Crippen LogP contribution is -2.17. The molecule has 0 N–H and O–H groups in total. The summed E-state index contributed by atoms with van der Waals surface area (Å²) in [6, 6.07) is 3.89. The molecule has 0 spiro atoms. The van der Waals surface area contributed by atoms with Crippen molar-refractivity contribution in [1.29, 1.82) is 0 Å². The van der Waals surface area contributed by atoms with E-state index in [-0.39, 0.29) is 0 Å². The summed E-state index contributed by atoms with van der Waals surface area (Å²) in [5.74, 6) is 0.794. The van der Waals surface area contributed by atoms with Gasteiger partial charge in [0, 0.05) is 24.0 Å². The molecule has 0 bridgehead atoms. The van der Waals surface area contributed by atoms with E-state index in [1.165, 1.54) is 7.11 Å². The van der Waals surface area contributed by atoms with Gasteiger partial charge in [-0.3, -0.25) is 0 Å². The molecule has 0 fully saturated rings. The average molecular weight is 339 g/mol. The number of hydrogen-bond donors (Lipinski definition) is 0. The zero-order valence-electron chi connectivity index (χ0n) is 14.1. The van der Waals surface area contributed by atoms with E-state index in [2.05, 4.69) is 9.97 Å². The number of pyridine rings is 2. The third-order valence-corrected chi connectivity index (χ3v) is 3.60. The van der Waals surface area contributed by atoms with Gasteiger partial charge in [-0.1, -0.05) is 13.8 Å². The Bertz CT molecular complexity index is 717. The van der Waals surface area contributed by atoms with Crippen LogP contribution in [-0.4, -0.2) is 23.6 Å². The number of alkyl halides is 3. The van der Waals surface area contributed by atoms with Crippen LogP contribution >= 0.6 is 0 Å². The van der Waals surface area contributed by atoms with E-state index in [0.29, 0.717) is 30.4 Å². The first kappa shape index (κ1) is 18.0. The highest BCUT2D eigenvalue weighted by Gasteiger charge is 2.33. The fraction of sp³-hybridized carbons (Fsp3) is 0.412. The number of anilines is 2. The average Bonchev–Trinajstić information content (AvgIpc) is 2.99. The van der Waals surface area contributed by atoms with Crippen LogP contribution in [0, 0.1) is 6.92 Å². The highest BCUT2D eigenvalue weighted by Crippen LogP contribution is 2.39. The third kappa shape index (κ3) is 3.44. The van der Waals surface area contributed by atoms with Gasteiger partial charge in [0.1, 0.15) is 5.82 Å². The highest BCUT2D eigenvalue weighted by molar-refractivity contribution is 5.69. The minimum absolute atomic E-state index is 0.291. The molecule has 3 rings (SSSR count). The maximum absolute atomic E-state index is 13.0. The van der Waals surface area contributed by atoms with Crippen molar-refractivity contribution in [3.05, 3.63) is 41.2 Å². The van der Waals surface area contributed by atoms with Gasteiger partial charge >= 0.3 is 6.18 Å². The predicted molar refractivity (Wildman–Crippen MR) is 86.8 cm³/mol. The first-order valence-corrected chi connectivity index (χ1v) is 7.75. The molecule has 0 saturated carbocycles. The van der Waals surface area contributed by atoms with Crippen molar-refractivity contribution in [3.63, 3.8) is 0 Å². The van der Waals surface area contributed by atoms with Gasteiger partial charge in [-0.25, -0.2) is 9.97 Å². The second-order valence-electron chi connectivity index (χ2n) is 5.07. The van der Waals surface area contributed by atoms with Crippen LogP contribution in [-0.2, 0) is 12.6 Å². The second kappa shape index (κ2) is 7.07. The van der Waals surface area contributed by atoms with Crippen LogP contribution in [0.1, 0.15) is 30.7 Å². The van der Waals surface area contributed by atoms with Gasteiger partial charge in [-0.15, -0.1) is 0 Å². The molecule has 130 valence electrons. The maximum atomic E-state index is 13.0. The zero-order chi connectivity index (χ0) is 17.9. The zero-order valence-corrected chi connectivity index (χ0v) is 14.1. The predicted octanol–water partition coefficient (Wildman–Crippen LogP) is 4.53. The van der Waals surface area contributed by atoms with Crippen LogP contribution in [0.25, 0.3) is 0 Å². The van der Waals surface area contributed by atoms with Crippen LogP contribution in [0.3, 0.4) is 0 Å². The molecule has 1 aliphatic rings. The van der Waals surface area contributed by atoms with Crippen molar-refractivity contribution < 1.29 is 17.9 Å². The van der Waals surface area contributed by atoms with Crippen molar-refractivity contribution in [1.82, 2.24) is 9.97 Å². The lowest BCUT2D eigenvalue weighted by atomic mass is 10.2. The SMILES string of the molecule is CC.COc1nccc2c1CCN2c1cc(C(F)(F)F)cc(C)n1. The Morgan fingerprint density at radius 2 is 1.92 bits per heavy atom. The summed E-state index contributed by atoms with van der Waals surface area (Å²) >= 11 is 0. The number of aromatic nitrogens is 2.